The van der Waals surface area contributed by atoms with Gasteiger partial charge in [-0.25, -0.2) is 18.1 Å². The molecule has 288 valence electrons. The minimum absolute atomic E-state index is 0.0239. The first-order chi connectivity index (χ1) is 24.9. The number of benzene rings is 1. The number of carbonyl (C=O) groups is 5. The standard InChI is InChI=1S/C36H49N7O8S2/c1-22(2)53(50,51)26-12-10-24(11-13-26)32(46)39-27(18-23-8-6-5-7-9-23)34(48)42-21-25(43-29(20-38-41-43)35(3,4)49)19-28(42)33(47)40-36(30(44)31(37)45)14-16-52-17-15-36/h10-13,20,22-23,25,28,49H,5-9,14-19,21H2,1-4H3,(H2,37,45)(H,40,47)/t25-,28-/m0/s1. The van der Waals surface area contributed by atoms with Gasteiger partial charge in [-0.3, -0.25) is 24.0 Å². The molecule has 0 spiro atoms. The molecule has 1 saturated carbocycles. The number of amides is 4. The summed E-state index contributed by atoms with van der Waals surface area (Å²) < 4.78 is 26.8. The highest BCUT2D eigenvalue weighted by atomic mass is 32.2. The van der Waals surface area contributed by atoms with Crippen LogP contribution in [0.4, 0.5) is 0 Å². The molecule has 2 saturated heterocycles. The monoisotopic (exact) mass is 771 g/mol. The Balaban J connectivity index is 1.52. The molecular formula is C36H49N7O8S2. The fourth-order valence-electron chi connectivity index (χ4n) is 7.36. The molecule has 4 N–H and O–H groups in total. The number of primary amides is 1. The number of Topliss-reactive ketones (excluding diaryl/α,β-unsaturated/α-hetero) is 1. The number of sulfone groups is 1. The third-order valence-electron chi connectivity index (χ3n) is 10.5. The van der Waals surface area contributed by atoms with Gasteiger partial charge in [0, 0.05) is 18.5 Å². The van der Waals surface area contributed by atoms with Gasteiger partial charge in [-0.2, -0.15) is 11.8 Å². The van der Waals surface area contributed by atoms with Crippen LogP contribution in [-0.2, 0) is 34.6 Å². The van der Waals surface area contributed by atoms with Gasteiger partial charge in [-0.05, 0) is 88.6 Å². The quantitative estimate of drug-likeness (QED) is 0.210. The lowest BCUT2D eigenvalue weighted by atomic mass is 9.85. The minimum Gasteiger partial charge on any atom is -0.384 e. The molecule has 1 aromatic carbocycles. The Morgan fingerprint density at radius 1 is 1.08 bits per heavy atom. The van der Waals surface area contributed by atoms with Crippen molar-refractivity contribution in [2.75, 3.05) is 18.1 Å². The lowest BCUT2D eigenvalue weighted by Gasteiger charge is -2.37. The summed E-state index contributed by atoms with van der Waals surface area (Å²) >= 11 is 1.58. The summed E-state index contributed by atoms with van der Waals surface area (Å²) in [7, 11) is -3.58. The molecule has 0 radical (unpaired) electrons. The van der Waals surface area contributed by atoms with E-state index in [-0.39, 0.29) is 54.3 Å². The summed E-state index contributed by atoms with van der Waals surface area (Å²) in [5.41, 5.74) is 2.95. The fraction of sp³-hybridized carbons (Fsp3) is 0.611. The maximum atomic E-state index is 14.7. The number of likely N-dealkylation sites (tertiary alicyclic amines) is 1. The number of carbonyl (C=O) groups excluding carboxylic acids is 5. The van der Waals surface area contributed by atoms with Crippen molar-refractivity contribution >= 4 is 56.7 Å². The fourth-order valence-corrected chi connectivity index (χ4v) is 9.61. The van der Waals surface area contributed by atoms with E-state index >= 15 is 0 Å². The van der Waals surface area contributed by atoms with Gasteiger partial charge < -0.3 is 21.1 Å². The van der Waals surface area contributed by atoms with Crippen LogP contribution in [0.2, 0.25) is 0 Å². The van der Waals surface area contributed by atoms with Crippen LogP contribution >= 0.6 is 11.8 Å². The van der Waals surface area contributed by atoms with Crippen LogP contribution < -0.4 is 11.1 Å². The van der Waals surface area contributed by atoms with Gasteiger partial charge in [0.15, 0.2) is 9.84 Å². The van der Waals surface area contributed by atoms with E-state index < -0.39 is 67.7 Å². The van der Waals surface area contributed by atoms with Gasteiger partial charge in [0.05, 0.1) is 28.1 Å². The summed E-state index contributed by atoms with van der Waals surface area (Å²) in [6.07, 6.45) is 6.62. The number of nitrogens with zero attached hydrogens (tertiary/aromatic N) is 5. The average Bonchev–Trinajstić information content (AvgIpc) is 3.80. The van der Waals surface area contributed by atoms with Crippen LogP contribution in [0.3, 0.4) is 0 Å². The number of hydrogen-bond acceptors (Lipinski definition) is 11. The third kappa shape index (κ3) is 8.89. The summed E-state index contributed by atoms with van der Waals surface area (Å²) in [6, 6.07) is 3.62. The maximum absolute atomic E-state index is 14.7. The molecule has 3 heterocycles. The van der Waals surface area contributed by atoms with Crippen molar-refractivity contribution in [2.45, 2.75) is 119 Å². The van der Waals surface area contributed by atoms with Crippen LogP contribution in [0.5, 0.6) is 0 Å². The lowest BCUT2D eigenvalue weighted by molar-refractivity contribution is -0.143. The second-order valence-electron chi connectivity index (χ2n) is 15.1. The Hall–Kier alpha value is -3.96. The Morgan fingerprint density at radius 3 is 2.30 bits per heavy atom. The van der Waals surface area contributed by atoms with Gasteiger partial charge >= 0.3 is 0 Å². The number of aromatic nitrogens is 3. The third-order valence-corrected chi connectivity index (χ3v) is 13.7. The van der Waals surface area contributed by atoms with Crippen molar-refractivity contribution in [3.8, 4) is 0 Å². The molecule has 53 heavy (non-hydrogen) atoms. The average molecular weight is 772 g/mol. The molecule has 1 aromatic heterocycles. The molecule has 0 bridgehead atoms. The van der Waals surface area contributed by atoms with Crippen molar-refractivity contribution in [3.63, 3.8) is 0 Å². The molecule has 2 aromatic rings. The van der Waals surface area contributed by atoms with E-state index in [0.29, 0.717) is 17.2 Å². The Kier molecular flexibility index (Phi) is 12.3. The van der Waals surface area contributed by atoms with Crippen molar-refractivity contribution in [2.24, 2.45) is 16.6 Å². The molecule has 3 fully saturated rings. The molecule has 3 aliphatic rings. The highest BCUT2D eigenvalue weighted by Gasteiger charge is 2.49. The summed E-state index contributed by atoms with van der Waals surface area (Å²) in [5.74, 6) is -3.04. The van der Waals surface area contributed by atoms with Gasteiger partial charge in [0.25, 0.3) is 17.7 Å². The molecule has 5 rings (SSSR count). The zero-order chi connectivity index (χ0) is 38.7. The van der Waals surface area contributed by atoms with E-state index in [2.05, 4.69) is 20.6 Å². The van der Waals surface area contributed by atoms with E-state index in [1.165, 1.54) is 40.0 Å². The number of thioether (sulfide) groups is 1. The zero-order valence-electron chi connectivity index (χ0n) is 30.6. The molecule has 2 aliphatic heterocycles. The normalized spacial score (nSPS) is 21.4. The number of ketones is 1. The second-order valence-corrected chi connectivity index (χ2v) is 18.8. The molecule has 17 heteroatoms. The number of nitrogens with one attached hydrogen (secondary N) is 1. The van der Waals surface area contributed by atoms with E-state index in [9.17, 15) is 37.5 Å². The number of hydrogen-bond donors (Lipinski definition) is 3. The van der Waals surface area contributed by atoms with Crippen LogP contribution in [0.25, 0.3) is 0 Å². The number of aliphatic imine (C=N–C) groups is 1. The van der Waals surface area contributed by atoms with Crippen LogP contribution in [0.1, 0.15) is 108 Å². The first kappa shape index (κ1) is 40.2. The Bertz CT molecular complexity index is 1860. The number of nitrogens with two attached hydrogens (primary N) is 1. The SMILES string of the molecule is CC(C)S(=O)(=O)c1ccc(C(=O)N=C(CC2CCCCC2)C(=O)N2C[C@@H](n3nncc3C(C)(C)O)C[C@H]2C(=O)NC2(C(=O)C(N)=O)CCSCC2)cc1. The maximum Gasteiger partial charge on any atom is 0.287 e. The Morgan fingerprint density at radius 2 is 1.72 bits per heavy atom. The first-order valence-electron chi connectivity index (χ1n) is 18.1. The summed E-state index contributed by atoms with van der Waals surface area (Å²) in [4.78, 5) is 73.7. The van der Waals surface area contributed by atoms with Crippen molar-refractivity contribution in [3.05, 3.63) is 41.7 Å². The van der Waals surface area contributed by atoms with Crippen LogP contribution in [0, 0.1) is 5.92 Å². The highest BCUT2D eigenvalue weighted by Crippen LogP contribution is 2.35. The molecule has 4 amide bonds. The van der Waals surface area contributed by atoms with E-state index in [0.717, 1.165) is 32.1 Å². The van der Waals surface area contributed by atoms with Gasteiger partial charge in [0.1, 0.15) is 22.9 Å². The smallest absolute Gasteiger partial charge is 0.287 e. The molecule has 15 nitrogen and oxygen atoms in total. The summed E-state index contributed by atoms with van der Waals surface area (Å²) in [6.45, 7) is 6.20. The molecule has 2 atom stereocenters. The minimum atomic E-state index is -3.58. The van der Waals surface area contributed by atoms with Crippen molar-refractivity contribution in [1.82, 2.24) is 25.2 Å². The van der Waals surface area contributed by atoms with Crippen molar-refractivity contribution < 1.29 is 37.5 Å². The molecular weight excluding hydrogens is 723 g/mol. The number of rotatable bonds is 12. The van der Waals surface area contributed by atoms with Crippen LogP contribution in [-0.4, -0.2) is 103 Å². The lowest BCUT2D eigenvalue weighted by Crippen LogP contribution is -2.63. The topological polar surface area (TPSA) is 224 Å². The predicted molar refractivity (Wildman–Crippen MR) is 198 cm³/mol. The highest BCUT2D eigenvalue weighted by molar-refractivity contribution is 7.99. The Labute approximate surface area is 313 Å². The van der Waals surface area contributed by atoms with E-state index in [1.807, 2.05) is 0 Å². The van der Waals surface area contributed by atoms with E-state index in [1.54, 1.807) is 39.5 Å². The van der Waals surface area contributed by atoms with Gasteiger partial charge in [0.2, 0.25) is 11.7 Å². The molecule has 0 unspecified atom stereocenters. The van der Waals surface area contributed by atoms with Crippen LogP contribution in [0.15, 0.2) is 40.4 Å². The zero-order valence-corrected chi connectivity index (χ0v) is 32.2. The van der Waals surface area contributed by atoms with Gasteiger partial charge in [-0.1, -0.05) is 37.3 Å². The van der Waals surface area contributed by atoms with E-state index in [4.69, 9.17) is 5.73 Å². The van der Waals surface area contributed by atoms with Crippen molar-refractivity contribution in [1.29, 1.82) is 0 Å². The second kappa shape index (κ2) is 16.2. The largest absolute Gasteiger partial charge is 0.384 e. The summed E-state index contributed by atoms with van der Waals surface area (Å²) in [5, 5.41) is 21.2. The predicted octanol–water partition coefficient (Wildman–Crippen LogP) is 2.52. The number of aliphatic hydroxyl groups is 1. The first-order valence-corrected chi connectivity index (χ1v) is 20.8. The van der Waals surface area contributed by atoms with Gasteiger partial charge in [-0.15, -0.1) is 5.10 Å². The molecule has 1 aliphatic carbocycles.